The van der Waals surface area contributed by atoms with Crippen LogP contribution in [-0.4, -0.2) is 34.4 Å². The van der Waals surface area contributed by atoms with Crippen LogP contribution >= 0.6 is 0 Å². The Balaban J connectivity index is 1.70. The van der Waals surface area contributed by atoms with E-state index in [1.165, 1.54) is 4.57 Å². The Kier molecular flexibility index (Phi) is 3.94. The summed E-state index contributed by atoms with van der Waals surface area (Å²) in [7, 11) is 1.63. The van der Waals surface area contributed by atoms with Crippen molar-refractivity contribution in [2.75, 3.05) is 13.1 Å². The van der Waals surface area contributed by atoms with Gasteiger partial charge in [-0.05, 0) is 30.5 Å². The van der Waals surface area contributed by atoms with Crippen molar-refractivity contribution >= 4 is 22.9 Å². The van der Waals surface area contributed by atoms with Gasteiger partial charge in [0, 0.05) is 26.1 Å². The number of oxazole rings is 1. The van der Waals surface area contributed by atoms with Gasteiger partial charge in [-0.2, -0.15) is 0 Å². The highest BCUT2D eigenvalue weighted by atomic mass is 16.4. The number of primary amides is 1. The Hall–Kier alpha value is -2.57. The van der Waals surface area contributed by atoms with Gasteiger partial charge in [-0.1, -0.05) is 6.07 Å². The molecule has 1 aromatic carbocycles. The van der Waals surface area contributed by atoms with Crippen molar-refractivity contribution in [3.8, 4) is 0 Å². The highest BCUT2D eigenvalue weighted by Gasteiger charge is 2.25. The molecule has 0 aliphatic carbocycles. The smallest absolute Gasteiger partial charge is 0.408 e. The number of benzene rings is 1. The van der Waals surface area contributed by atoms with E-state index in [1.54, 1.807) is 30.1 Å². The topological polar surface area (TPSA) is 98.5 Å². The number of carbonyl (C=O) groups excluding carboxylic acids is 2. The summed E-state index contributed by atoms with van der Waals surface area (Å²) in [6, 6.07) is 5.30. The quantitative estimate of drug-likeness (QED) is 0.885. The van der Waals surface area contributed by atoms with Gasteiger partial charge in [0.15, 0.2) is 5.58 Å². The first-order valence-corrected chi connectivity index (χ1v) is 7.61. The standard InChI is InChI=1S/C16H19N3O4/c1-18-12-8-10(2-3-13(12)23-16(18)22)9-14(20)19-6-4-11(5-7-19)15(17)21/h2-3,8,11H,4-7,9H2,1H3,(H2,17,21). The van der Waals surface area contributed by atoms with Crippen molar-refractivity contribution in [3.05, 3.63) is 34.3 Å². The van der Waals surface area contributed by atoms with Gasteiger partial charge >= 0.3 is 5.76 Å². The average molecular weight is 317 g/mol. The molecule has 0 atom stereocenters. The van der Waals surface area contributed by atoms with E-state index in [1.807, 2.05) is 0 Å². The van der Waals surface area contributed by atoms with Crippen LogP contribution in [0, 0.1) is 5.92 Å². The lowest BCUT2D eigenvalue weighted by Crippen LogP contribution is -2.42. The van der Waals surface area contributed by atoms with Crippen molar-refractivity contribution in [2.45, 2.75) is 19.3 Å². The van der Waals surface area contributed by atoms with E-state index in [9.17, 15) is 14.4 Å². The van der Waals surface area contributed by atoms with Crippen LogP contribution in [-0.2, 0) is 23.1 Å². The largest absolute Gasteiger partial charge is 0.419 e. The lowest BCUT2D eigenvalue weighted by atomic mass is 9.96. The molecule has 1 fully saturated rings. The maximum absolute atomic E-state index is 12.4. The minimum absolute atomic E-state index is 0.0146. The number of hydrogen-bond donors (Lipinski definition) is 1. The third-order valence-electron chi connectivity index (χ3n) is 4.46. The number of carbonyl (C=O) groups is 2. The Labute approximate surface area is 132 Å². The van der Waals surface area contributed by atoms with E-state index in [4.69, 9.17) is 10.2 Å². The van der Waals surface area contributed by atoms with E-state index in [-0.39, 0.29) is 24.2 Å². The molecule has 2 aromatic rings. The van der Waals surface area contributed by atoms with Crippen molar-refractivity contribution in [1.29, 1.82) is 0 Å². The van der Waals surface area contributed by atoms with Gasteiger partial charge in [0.1, 0.15) is 0 Å². The molecule has 1 aromatic heterocycles. The molecule has 7 heteroatoms. The lowest BCUT2D eigenvalue weighted by molar-refractivity contribution is -0.134. The number of piperidine rings is 1. The molecule has 3 rings (SSSR count). The van der Waals surface area contributed by atoms with E-state index < -0.39 is 5.76 Å². The molecule has 0 radical (unpaired) electrons. The van der Waals surface area contributed by atoms with Crippen LogP contribution in [0.2, 0.25) is 0 Å². The van der Waals surface area contributed by atoms with Gasteiger partial charge in [-0.25, -0.2) is 4.79 Å². The van der Waals surface area contributed by atoms with Crippen LogP contribution in [0.5, 0.6) is 0 Å². The first kappa shape index (κ1) is 15.3. The minimum Gasteiger partial charge on any atom is -0.408 e. The number of hydrogen-bond acceptors (Lipinski definition) is 4. The lowest BCUT2D eigenvalue weighted by Gasteiger charge is -2.30. The molecular formula is C16H19N3O4. The number of likely N-dealkylation sites (tertiary alicyclic amines) is 1. The van der Waals surface area contributed by atoms with Crippen LogP contribution in [0.1, 0.15) is 18.4 Å². The fourth-order valence-corrected chi connectivity index (χ4v) is 2.98. The summed E-state index contributed by atoms with van der Waals surface area (Å²) in [5, 5.41) is 0. The van der Waals surface area contributed by atoms with E-state index in [2.05, 4.69) is 0 Å². The summed E-state index contributed by atoms with van der Waals surface area (Å²) in [5.74, 6) is -0.822. The zero-order valence-corrected chi connectivity index (χ0v) is 12.9. The Morgan fingerprint density at radius 1 is 1.30 bits per heavy atom. The van der Waals surface area contributed by atoms with Crippen LogP contribution in [0.25, 0.3) is 11.1 Å². The maximum atomic E-state index is 12.4. The summed E-state index contributed by atoms with van der Waals surface area (Å²) in [4.78, 5) is 36.8. The fourth-order valence-electron chi connectivity index (χ4n) is 2.98. The summed E-state index contributed by atoms with van der Waals surface area (Å²) >= 11 is 0. The van der Waals surface area contributed by atoms with Crippen molar-refractivity contribution in [3.63, 3.8) is 0 Å². The Bertz CT molecular complexity index is 812. The monoisotopic (exact) mass is 317 g/mol. The molecule has 2 amide bonds. The van der Waals surface area contributed by atoms with Gasteiger partial charge in [0.05, 0.1) is 11.9 Å². The molecule has 1 aliphatic heterocycles. The number of aryl methyl sites for hydroxylation is 1. The maximum Gasteiger partial charge on any atom is 0.419 e. The second-order valence-electron chi connectivity index (χ2n) is 5.96. The van der Waals surface area contributed by atoms with Crippen LogP contribution < -0.4 is 11.5 Å². The molecule has 122 valence electrons. The molecule has 0 unspecified atom stereocenters. The van der Waals surface area contributed by atoms with Gasteiger partial charge in [-0.3, -0.25) is 14.2 Å². The molecule has 0 saturated carbocycles. The minimum atomic E-state index is -0.419. The molecule has 0 bridgehead atoms. The highest BCUT2D eigenvalue weighted by molar-refractivity contribution is 5.82. The molecule has 2 N–H and O–H groups in total. The Morgan fingerprint density at radius 3 is 2.65 bits per heavy atom. The SMILES string of the molecule is Cn1c(=O)oc2ccc(CC(=O)N3CCC(C(N)=O)CC3)cc21. The zero-order valence-electron chi connectivity index (χ0n) is 12.9. The van der Waals surface area contributed by atoms with Gasteiger partial charge < -0.3 is 15.1 Å². The summed E-state index contributed by atoms with van der Waals surface area (Å²) in [6.45, 7) is 1.11. The summed E-state index contributed by atoms with van der Waals surface area (Å²) < 4.78 is 6.50. The van der Waals surface area contributed by atoms with Crippen LogP contribution in [0.15, 0.2) is 27.4 Å². The molecule has 7 nitrogen and oxygen atoms in total. The van der Waals surface area contributed by atoms with Crippen molar-refractivity contribution in [2.24, 2.45) is 18.7 Å². The third-order valence-corrected chi connectivity index (χ3v) is 4.46. The van der Waals surface area contributed by atoms with Gasteiger partial charge in [0.25, 0.3) is 0 Å². The van der Waals surface area contributed by atoms with Crippen molar-refractivity contribution in [1.82, 2.24) is 9.47 Å². The van der Waals surface area contributed by atoms with Crippen LogP contribution in [0.3, 0.4) is 0 Å². The fraction of sp³-hybridized carbons (Fsp3) is 0.438. The first-order chi connectivity index (χ1) is 11.0. The predicted octanol–water partition coefficient (Wildman–Crippen LogP) is 0.398. The van der Waals surface area contributed by atoms with E-state index >= 15 is 0 Å². The molecular weight excluding hydrogens is 298 g/mol. The van der Waals surface area contributed by atoms with Crippen LogP contribution in [0.4, 0.5) is 0 Å². The normalized spacial score (nSPS) is 16.0. The van der Waals surface area contributed by atoms with Gasteiger partial charge in [-0.15, -0.1) is 0 Å². The average Bonchev–Trinajstić information content (AvgIpc) is 2.82. The number of fused-ring (bicyclic) bond motifs is 1. The van der Waals surface area contributed by atoms with E-state index in [0.29, 0.717) is 37.0 Å². The molecule has 0 spiro atoms. The first-order valence-electron chi connectivity index (χ1n) is 7.61. The number of amides is 2. The second-order valence-corrected chi connectivity index (χ2v) is 5.96. The predicted molar refractivity (Wildman–Crippen MR) is 83.7 cm³/mol. The summed E-state index contributed by atoms with van der Waals surface area (Å²) in [6.07, 6.45) is 1.50. The van der Waals surface area contributed by atoms with Crippen molar-refractivity contribution < 1.29 is 14.0 Å². The summed E-state index contributed by atoms with van der Waals surface area (Å²) in [5.41, 5.74) is 7.32. The number of nitrogens with zero attached hydrogens (tertiary/aromatic N) is 2. The highest BCUT2D eigenvalue weighted by Crippen LogP contribution is 2.19. The zero-order chi connectivity index (χ0) is 16.6. The van der Waals surface area contributed by atoms with Gasteiger partial charge in [0.2, 0.25) is 11.8 Å². The molecule has 23 heavy (non-hydrogen) atoms. The molecule has 1 aliphatic rings. The number of aromatic nitrogens is 1. The molecule has 2 heterocycles. The Morgan fingerprint density at radius 2 is 2.00 bits per heavy atom. The number of nitrogens with two attached hydrogens (primary N) is 1. The third kappa shape index (κ3) is 2.99. The second kappa shape index (κ2) is 5.91. The van der Waals surface area contributed by atoms with E-state index in [0.717, 1.165) is 5.56 Å². The molecule has 1 saturated heterocycles. The number of rotatable bonds is 3.